The third-order valence-electron chi connectivity index (χ3n) is 2.48. The van der Waals surface area contributed by atoms with Crippen molar-refractivity contribution in [2.75, 3.05) is 25.2 Å². The smallest absolute Gasteiger partial charge is 0.119 e. The average molecular weight is 318 g/mol. The van der Waals surface area contributed by atoms with E-state index in [4.69, 9.17) is 4.74 Å². The number of hydrogen-bond acceptors (Lipinski definition) is 3. The van der Waals surface area contributed by atoms with Crippen molar-refractivity contribution in [3.05, 3.63) is 28.7 Å². The van der Waals surface area contributed by atoms with E-state index in [2.05, 4.69) is 34.4 Å². The van der Waals surface area contributed by atoms with Gasteiger partial charge < -0.3 is 10.1 Å². The molecule has 0 heterocycles. The van der Waals surface area contributed by atoms with E-state index >= 15 is 0 Å². The Morgan fingerprint density at radius 3 is 2.65 bits per heavy atom. The largest absolute Gasteiger partial charge is 0.492 e. The monoisotopic (exact) mass is 317 g/mol. The molecule has 0 bridgehead atoms. The van der Waals surface area contributed by atoms with Gasteiger partial charge in [0.05, 0.1) is 0 Å². The number of benzene rings is 1. The van der Waals surface area contributed by atoms with Crippen LogP contribution < -0.4 is 10.1 Å². The summed E-state index contributed by atoms with van der Waals surface area (Å²) in [4.78, 5) is 0. The number of thioether (sulfide) groups is 1. The molecule has 1 atom stereocenters. The molecule has 0 saturated heterocycles. The molecule has 2 nitrogen and oxygen atoms in total. The fourth-order valence-corrected chi connectivity index (χ4v) is 2.51. The maximum atomic E-state index is 5.64. The summed E-state index contributed by atoms with van der Waals surface area (Å²) < 4.78 is 6.72. The fraction of sp³-hybridized carbons (Fsp3) is 0.538. The van der Waals surface area contributed by atoms with Crippen LogP contribution in [-0.4, -0.2) is 31.2 Å². The lowest BCUT2D eigenvalue weighted by Gasteiger charge is -2.15. The summed E-state index contributed by atoms with van der Waals surface area (Å²) in [7, 11) is 0. The minimum atomic E-state index is 0.596. The van der Waals surface area contributed by atoms with Gasteiger partial charge in [-0.2, -0.15) is 11.8 Å². The molecule has 0 aromatic heterocycles. The lowest BCUT2D eigenvalue weighted by Crippen LogP contribution is -2.33. The highest BCUT2D eigenvalue weighted by atomic mass is 79.9. The van der Waals surface area contributed by atoms with Gasteiger partial charge in [-0.05, 0) is 36.9 Å². The number of hydrogen-bond donors (Lipinski definition) is 1. The first-order chi connectivity index (χ1) is 8.26. The van der Waals surface area contributed by atoms with E-state index in [1.807, 2.05) is 36.0 Å². The van der Waals surface area contributed by atoms with Gasteiger partial charge in [0.15, 0.2) is 0 Å². The molecule has 0 radical (unpaired) electrons. The van der Waals surface area contributed by atoms with E-state index in [-0.39, 0.29) is 0 Å². The topological polar surface area (TPSA) is 21.3 Å². The van der Waals surface area contributed by atoms with Crippen molar-refractivity contribution in [2.24, 2.45) is 0 Å². The normalized spacial score (nSPS) is 12.4. The SMILES string of the molecule is CCC(CSC)NCCOc1ccc(Br)cc1. The minimum Gasteiger partial charge on any atom is -0.492 e. The standard InChI is InChI=1S/C13H20BrNOS/c1-3-12(10-17-2)15-8-9-16-13-6-4-11(14)5-7-13/h4-7,12,15H,3,8-10H2,1-2H3. The van der Waals surface area contributed by atoms with Gasteiger partial charge in [-0.15, -0.1) is 0 Å². The second-order valence-electron chi connectivity index (χ2n) is 3.82. The first kappa shape index (κ1) is 14.9. The third kappa shape index (κ3) is 6.34. The van der Waals surface area contributed by atoms with Crippen LogP contribution in [0.5, 0.6) is 5.75 Å². The number of rotatable bonds is 8. The van der Waals surface area contributed by atoms with Gasteiger partial charge in [0, 0.05) is 22.8 Å². The molecule has 17 heavy (non-hydrogen) atoms. The van der Waals surface area contributed by atoms with E-state index in [1.165, 1.54) is 6.42 Å². The van der Waals surface area contributed by atoms with Crippen LogP contribution in [0.15, 0.2) is 28.7 Å². The molecule has 1 rings (SSSR count). The maximum absolute atomic E-state index is 5.64. The molecular weight excluding hydrogens is 298 g/mol. The number of ether oxygens (including phenoxy) is 1. The molecule has 0 aliphatic rings. The Kier molecular flexibility index (Phi) is 7.73. The Bertz CT molecular complexity index is 305. The first-order valence-corrected chi connectivity index (χ1v) is 8.05. The fourth-order valence-electron chi connectivity index (χ4n) is 1.49. The lowest BCUT2D eigenvalue weighted by molar-refractivity contribution is 0.306. The van der Waals surface area contributed by atoms with E-state index in [0.717, 1.165) is 22.5 Å². The first-order valence-electron chi connectivity index (χ1n) is 5.87. The Hall–Kier alpha value is -0.190. The van der Waals surface area contributed by atoms with E-state index in [9.17, 15) is 0 Å². The molecule has 1 aromatic carbocycles. The molecule has 1 unspecified atom stereocenters. The molecule has 1 aromatic rings. The van der Waals surface area contributed by atoms with Crippen LogP contribution in [0.2, 0.25) is 0 Å². The van der Waals surface area contributed by atoms with Gasteiger partial charge >= 0.3 is 0 Å². The van der Waals surface area contributed by atoms with Gasteiger partial charge in [-0.3, -0.25) is 0 Å². The molecule has 0 spiro atoms. The maximum Gasteiger partial charge on any atom is 0.119 e. The summed E-state index contributed by atoms with van der Waals surface area (Å²) >= 11 is 5.28. The van der Waals surface area contributed by atoms with Crippen molar-refractivity contribution in [1.82, 2.24) is 5.32 Å². The average Bonchev–Trinajstić information content (AvgIpc) is 2.35. The van der Waals surface area contributed by atoms with Crippen molar-refractivity contribution in [3.8, 4) is 5.75 Å². The van der Waals surface area contributed by atoms with Crippen LogP contribution in [0.3, 0.4) is 0 Å². The molecule has 0 fully saturated rings. The van der Waals surface area contributed by atoms with Crippen molar-refractivity contribution < 1.29 is 4.74 Å². The molecule has 0 aliphatic heterocycles. The highest BCUT2D eigenvalue weighted by Crippen LogP contribution is 2.15. The molecule has 96 valence electrons. The van der Waals surface area contributed by atoms with E-state index < -0.39 is 0 Å². The van der Waals surface area contributed by atoms with E-state index in [0.29, 0.717) is 12.6 Å². The molecule has 0 saturated carbocycles. The zero-order valence-electron chi connectivity index (χ0n) is 10.4. The summed E-state index contributed by atoms with van der Waals surface area (Å²) in [5.74, 6) is 2.09. The van der Waals surface area contributed by atoms with E-state index in [1.54, 1.807) is 0 Å². The highest BCUT2D eigenvalue weighted by Gasteiger charge is 2.03. The summed E-state index contributed by atoms with van der Waals surface area (Å²) in [6.07, 6.45) is 3.31. The van der Waals surface area contributed by atoms with Crippen LogP contribution in [-0.2, 0) is 0 Å². The van der Waals surface area contributed by atoms with Crippen molar-refractivity contribution in [2.45, 2.75) is 19.4 Å². The van der Waals surface area contributed by atoms with Gasteiger partial charge in [0.1, 0.15) is 12.4 Å². The second kappa shape index (κ2) is 8.84. The second-order valence-corrected chi connectivity index (χ2v) is 5.64. The third-order valence-corrected chi connectivity index (χ3v) is 3.74. The Morgan fingerprint density at radius 1 is 1.35 bits per heavy atom. The zero-order chi connectivity index (χ0) is 12.5. The van der Waals surface area contributed by atoms with Crippen molar-refractivity contribution in [1.29, 1.82) is 0 Å². The Morgan fingerprint density at radius 2 is 2.06 bits per heavy atom. The number of halogens is 1. The summed E-state index contributed by atoms with van der Waals surface area (Å²) in [6.45, 7) is 3.82. The zero-order valence-corrected chi connectivity index (χ0v) is 12.8. The predicted molar refractivity (Wildman–Crippen MR) is 80.1 cm³/mol. The summed E-state index contributed by atoms with van der Waals surface area (Å²) in [5.41, 5.74) is 0. The summed E-state index contributed by atoms with van der Waals surface area (Å²) in [6, 6.07) is 8.53. The highest BCUT2D eigenvalue weighted by molar-refractivity contribution is 9.10. The predicted octanol–water partition coefficient (Wildman–Crippen LogP) is 3.56. The van der Waals surface area contributed by atoms with Crippen LogP contribution in [0.1, 0.15) is 13.3 Å². The van der Waals surface area contributed by atoms with Crippen molar-refractivity contribution >= 4 is 27.7 Å². The molecule has 1 N–H and O–H groups in total. The quantitative estimate of drug-likeness (QED) is 0.741. The molecular formula is C13H20BrNOS. The van der Waals surface area contributed by atoms with Crippen LogP contribution >= 0.6 is 27.7 Å². The van der Waals surface area contributed by atoms with Gasteiger partial charge in [0.25, 0.3) is 0 Å². The molecule has 0 aliphatic carbocycles. The van der Waals surface area contributed by atoms with Crippen LogP contribution in [0.25, 0.3) is 0 Å². The van der Waals surface area contributed by atoms with Gasteiger partial charge in [-0.25, -0.2) is 0 Å². The molecule has 4 heteroatoms. The number of nitrogens with one attached hydrogen (secondary N) is 1. The lowest BCUT2D eigenvalue weighted by atomic mass is 10.2. The summed E-state index contributed by atoms with van der Waals surface area (Å²) in [5, 5.41) is 3.50. The van der Waals surface area contributed by atoms with Crippen LogP contribution in [0, 0.1) is 0 Å². The Balaban J connectivity index is 2.17. The minimum absolute atomic E-state index is 0.596. The van der Waals surface area contributed by atoms with Crippen LogP contribution in [0.4, 0.5) is 0 Å². The molecule has 0 amide bonds. The van der Waals surface area contributed by atoms with Gasteiger partial charge in [0.2, 0.25) is 0 Å². The van der Waals surface area contributed by atoms with Gasteiger partial charge in [-0.1, -0.05) is 22.9 Å². The Labute approximate surface area is 117 Å². The van der Waals surface area contributed by atoms with Crippen molar-refractivity contribution in [3.63, 3.8) is 0 Å².